The second-order valence-electron chi connectivity index (χ2n) is 7.22. The van der Waals surface area contributed by atoms with Gasteiger partial charge in [0.1, 0.15) is 5.78 Å². The Bertz CT molecular complexity index is 523. The lowest BCUT2D eigenvalue weighted by atomic mass is 9.86. The zero-order valence-corrected chi connectivity index (χ0v) is 17.2. The van der Waals surface area contributed by atoms with Gasteiger partial charge in [0.05, 0.1) is 6.10 Å². The van der Waals surface area contributed by atoms with Crippen LogP contribution >= 0.6 is 9.47 Å². The number of carboxylic acid groups (broad SMARTS) is 1. The Labute approximate surface area is 163 Å². The lowest BCUT2D eigenvalue weighted by Crippen LogP contribution is -2.24. The molecule has 1 aliphatic carbocycles. The average Bonchev–Trinajstić information content (AvgIpc) is 2.95. The van der Waals surface area contributed by atoms with Gasteiger partial charge in [-0.15, -0.1) is 0 Å². The first-order valence-corrected chi connectivity index (χ1v) is 10.3. The minimum atomic E-state index is -1.41. The molecule has 1 aliphatic rings. The number of hydrogen-bond acceptors (Lipinski definition) is 4. The van der Waals surface area contributed by atoms with Gasteiger partial charge in [-0.05, 0) is 38.0 Å². The van der Waals surface area contributed by atoms with Crippen molar-refractivity contribution in [3.05, 3.63) is 12.2 Å². The molecule has 0 bridgehead atoms. The van der Waals surface area contributed by atoms with Crippen LogP contribution in [-0.4, -0.2) is 34.9 Å². The van der Waals surface area contributed by atoms with Crippen molar-refractivity contribution in [3.63, 3.8) is 0 Å². The van der Waals surface area contributed by atoms with Gasteiger partial charge in [0.25, 0.3) is 0 Å². The monoisotopic (exact) mass is 402 g/mol. The average molecular weight is 402 g/mol. The van der Waals surface area contributed by atoms with Crippen molar-refractivity contribution < 1.29 is 28.4 Å². The number of alkyl halides is 1. The summed E-state index contributed by atoms with van der Waals surface area (Å²) < 4.78 is 19.2. The fourth-order valence-corrected chi connectivity index (χ4v) is 3.88. The minimum Gasteiger partial charge on any atom is -0.481 e. The van der Waals surface area contributed by atoms with Crippen molar-refractivity contribution in [2.45, 2.75) is 83.4 Å². The molecule has 0 radical (unpaired) electrons. The van der Waals surface area contributed by atoms with Crippen LogP contribution in [0.15, 0.2) is 12.2 Å². The van der Waals surface area contributed by atoms with Crippen molar-refractivity contribution in [2.75, 3.05) is 0 Å². The first-order chi connectivity index (χ1) is 12.9. The van der Waals surface area contributed by atoms with Crippen LogP contribution in [0, 0.1) is 11.8 Å². The Hall–Kier alpha value is -1.13. The molecule has 5 nitrogen and oxygen atoms in total. The van der Waals surface area contributed by atoms with Crippen LogP contribution in [0.25, 0.3) is 0 Å². The molecule has 1 rings (SSSR count). The Balaban J connectivity index is 2.54. The number of hydrogen-bond donors (Lipinski definition) is 1. The molecule has 7 heteroatoms. The number of rotatable bonds is 14. The van der Waals surface area contributed by atoms with Gasteiger partial charge in [0, 0.05) is 34.6 Å². The molecular weight excluding hydrogens is 370 g/mol. The normalized spacial score (nSPS) is 23.8. The van der Waals surface area contributed by atoms with E-state index in [-0.39, 0.29) is 48.8 Å². The molecule has 0 aromatic heterocycles. The predicted octanol–water partition coefficient (Wildman–Crippen LogP) is 4.45. The van der Waals surface area contributed by atoms with E-state index in [1.165, 1.54) is 0 Å². The topological polar surface area (TPSA) is 80.7 Å². The largest absolute Gasteiger partial charge is 0.481 e. The third-order valence-electron chi connectivity index (χ3n) is 5.19. The molecule has 0 amide bonds. The van der Waals surface area contributed by atoms with Gasteiger partial charge in [-0.25, -0.2) is 4.39 Å². The molecule has 0 aliphatic heterocycles. The second kappa shape index (κ2) is 13.1. The van der Waals surface area contributed by atoms with E-state index in [4.69, 9.17) is 9.63 Å². The van der Waals surface area contributed by atoms with Crippen molar-refractivity contribution in [2.24, 2.45) is 11.8 Å². The molecule has 27 heavy (non-hydrogen) atoms. The summed E-state index contributed by atoms with van der Waals surface area (Å²) in [7, 11) is 2.19. The summed E-state index contributed by atoms with van der Waals surface area (Å²) in [4.78, 5) is 34.8. The molecule has 154 valence electrons. The Morgan fingerprint density at radius 2 is 2.07 bits per heavy atom. The highest BCUT2D eigenvalue weighted by Gasteiger charge is 2.42. The number of carbonyl (C=O) groups excluding carboxylic acids is 2. The molecule has 0 spiro atoms. The quantitative estimate of drug-likeness (QED) is 0.264. The zero-order chi connectivity index (χ0) is 20.2. The van der Waals surface area contributed by atoms with Crippen LogP contribution in [0.3, 0.4) is 0 Å². The SMILES string of the molecule is CCCCC(F)C(=O)CC[C@H]1C(OP)CC(=O)C1CC=CCCCC(=O)O. The van der Waals surface area contributed by atoms with Crippen molar-refractivity contribution in [1.29, 1.82) is 0 Å². The minimum absolute atomic E-state index is 0.0963. The third kappa shape index (κ3) is 8.61. The number of unbranched alkanes of at least 4 members (excludes halogenated alkanes) is 2. The molecule has 4 unspecified atom stereocenters. The number of aliphatic carboxylic acids is 1. The summed E-state index contributed by atoms with van der Waals surface area (Å²) in [5, 5.41) is 8.62. The Morgan fingerprint density at radius 3 is 2.70 bits per heavy atom. The fraction of sp³-hybridized carbons (Fsp3) is 0.750. The number of ketones is 2. The summed E-state index contributed by atoms with van der Waals surface area (Å²) in [6, 6.07) is 0. The lowest BCUT2D eigenvalue weighted by molar-refractivity contribution is -0.137. The molecule has 0 saturated heterocycles. The number of carboxylic acids is 1. The van der Waals surface area contributed by atoms with Crippen LogP contribution in [0.4, 0.5) is 4.39 Å². The highest BCUT2D eigenvalue weighted by molar-refractivity contribution is 7.09. The molecular formula is C20H32FO5P. The first-order valence-electron chi connectivity index (χ1n) is 9.82. The first kappa shape index (κ1) is 23.9. The van der Waals surface area contributed by atoms with Crippen LogP contribution in [0.1, 0.15) is 71.1 Å². The highest BCUT2D eigenvalue weighted by atomic mass is 31.0. The second-order valence-corrected chi connectivity index (χ2v) is 7.50. The molecule has 1 N–H and O–H groups in total. The standard InChI is InChI=1S/C20H32FO5P/c1-2-3-9-16(21)17(22)12-11-15-14(18(23)13-19(15)26-27)8-6-4-5-7-10-20(24)25/h4,6,14-16,19H,2-3,5,7-13,27H2,1H3,(H,24,25)/t14?,15-,16?,19?/m1/s1. The molecule has 1 saturated carbocycles. The predicted molar refractivity (Wildman–Crippen MR) is 105 cm³/mol. The van der Waals surface area contributed by atoms with E-state index in [9.17, 15) is 18.8 Å². The fourth-order valence-electron chi connectivity index (χ4n) is 3.58. The maximum absolute atomic E-state index is 13.9. The summed E-state index contributed by atoms with van der Waals surface area (Å²) in [6.45, 7) is 1.96. The van der Waals surface area contributed by atoms with Gasteiger partial charge in [-0.2, -0.15) is 0 Å². The molecule has 0 heterocycles. The Kier molecular flexibility index (Phi) is 11.6. The molecule has 0 aromatic rings. The van der Waals surface area contributed by atoms with E-state index >= 15 is 0 Å². The zero-order valence-electron chi connectivity index (χ0n) is 16.1. The lowest BCUT2D eigenvalue weighted by Gasteiger charge is -2.22. The molecule has 0 aromatic carbocycles. The van der Waals surface area contributed by atoms with Crippen molar-refractivity contribution in [1.82, 2.24) is 0 Å². The van der Waals surface area contributed by atoms with E-state index in [0.717, 1.165) is 6.42 Å². The van der Waals surface area contributed by atoms with E-state index in [2.05, 4.69) is 9.47 Å². The van der Waals surface area contributed by atoms with Crippen LogP contribution in [0.5, 0.6) is 0 Å². The summed E-state index contributed by atoms with van der Waals surface area (Å²) in [5.74, 6) is -1.41. The number of allylic oxidation sites excluding steroid dienone is 2. The van der Waals surface area contributed by atoms with Gasteiger partial charge < -0.3 is 9.63 Å². The van der Waals surface area contributed by atoms with Crippen LogP contribution < -0.4 is 0 Å². The van der Waals surface area contributed by atoms with Gasteiger partial charge in [0.15, 0.2) is 12.0 Å². The molecule has 5 atom stereocenters. The molecule has 1 fully saturated rings. The van der Waals surface area contributed by atoms with Gasteiger partial charge >= 0.3 is 5.97 Å². The van der Waals surface area contributed by atoms with Crippen molar-refractivity contribution >= 4 is 27.0 Å². The third-order valence-corrected chi connectivity index (χ3v) is 5.54. The van der Waals surface area contributed by atoms with E-state index in [0.29, 0.717) is 38.5 Å². The number of halogens is 1. The van der Waals surface area contributed by atoms with Gasteiger partial charge in [-0.3, -0.25) is 14.4 Å². The van der Waals surface area contributed by atoms with E-state index < -0.39 is 12.1 Å². The van der Waals surface area contributed by atoms with Crippen molar-refractivity contribution in [3.8, 4) is 0 Å². The summed E-state index contributed by atoms with van der Waals surface area (Å²) in [5.41, 5.74) is 0. The maximum Gasteiger partial charge on any atom is 0.303 e. The smallest absolute Gasteiger partial charge is 0.303 e. The number of carbonyl (C=O) groups is 3. The summed E-state index contributed by atoms with van der Waals surface area (Å²) in [6.07, 6.45) is 6.75. The van der Waals surface area contributed by atoms with Gasteiger partial charge in [-0.1, -0.05) is 31.9 Å². The van der Waals surface area contributed by atoms with E-state index in [1.807, 2.05) is 19.1 Å². The van der Waals surface area contributed by atoms with Crippen LogP contribution in [-0.2, 0) is 18.9 Å². The summed E-state index contributed by atoms with van der Waals surface area (Å²) >= 11 is 0. The maximum atomic E-state index is 13.9. The van der Waals surface area contributed by atoms with E-state index in [1.54, 1.807) is 0 Å². The Morgan fingerprint density at radius 1 is 1.33 bits per heavy atom. The van der Waals surface area contributed by atoms with Gasteiger partial charge in [0.2, 0.25) is 0 Å². The highest BCUT2D eigenvalue weighted by Crippen LogP contribution is 2.38. The number of Topliss-reactive ketones (excluding diaryl/α,β-unsaturated/α-hetero) is 2. The van der Waals surface area contributed by atoms with Crippen LogP contribution in [0.2, 0.25) is 0 Å².